The van der Waals surface area contributed by atoms with Gasteiger partial charge in [0.25, 0.3) is 0 Å². The summed E-state index contributed by atoms with van der Waals surface area (Å²) < 4.78 is 59.7. The molecule has 0 atom stereocenters. The number of likely N-dealkylation sites (N-methyl/N-ethyl adjacent to an activating group) is 1. The zero-order valence-electron chi connectivity index (χ0n) is 19.9. The fourth-order valence-electron chi connectivity index (χ4n) is 3.18. The van der Waals surface area contributed by atoms with E-state index in [9.17, 15) is 26.4 Å². The van der Waals surface area contributed by atoms with Crippen molar-refractivity contribution in [1.82, 2.24) is 19.4 Å². The van der Waals surface area contributed by atoms with E-state index < -0.39 is 22.2 Å². The van der Waals surface area contributed by atoms with Crippen LogP contribution < -0.4 is 5.32 Å². The van der Waals surface area contributed by atoms with Gasteiger partial charge in [-0.2, -0.15) is 17.5 Å². The maximum Gasteiger partial charge on any atom is 0.490 e. The predicted molar refractivity (Wildman–Crippen MR) is 121 cm³/mol. The average Bonchev–Trinajstić information content (AvgIpc) is 2.73. The summed E-state index contributed by atoms with van der Waals surface area (Å²) in [6, 6.07) is 5.36. The second-order valence-corrected chi connectivity index (χ2v) is 10.1. The summed E-state index contributed by atoms with van der Waals surface area (Å²) in [4.78, 5) is 25.5. The van der Waals surface area contributed by atoms with Crippen LogP contribution in [-0.4, -0.2) is 106 Å². The van der Waals surface area contributed by atoms with Crippen LogP contribution in [0.1, 0.15) is 17.5 Å². The van der Waals surface area contributed by atoms with E-state index in [1.54, 1.807) is 6.07 Å². The second-order valence-electron chi connectivity index (χ2n) is 8.16. The number of carboxylic acids is 1. The van der Waals surface area contributed by atoms with Crippen molar-refractivity contribution >= 4 is 21.9 Å². The molecular weight excluding hydrogens is 477 g/mol. The Hall–Kier alpha value is -2.22. The van der Waals surface area contributed by atoms with Gasteiger partial charge in [0.15, 0.2) is 0 Å². The highest BCUT2D eigenvalue weighted by Crippen LogP contribution is 2.21. The Labute approximate surface area is 198 Å². The maximum absolute atomic E-state index is 13.2. The molecule has 1 aromatic rings. The van der Waals surface area contributed by atoms with Crippen molar-refractivity contribution in [2.75, 3.05) is 59.9 Å². The monoisotopic (exact) mass is 510 g/mol. The van der Waals surface area contributed by atoms with Gasteiger partial charge in [-0.25, -0.2) is 13.2 Å². The van der Waals surface area contributed by atoms with E-state index in [4.69, 9.17) is 9.90 Å². The lowest BCUT2D eigenvalue weighted by molar-refractivity contribution is -0.192. The highest BCUT2D eigenvalue weighted by Gasteiger charge is 2.38. The third-order valence-corrected chi connectivity index (χ3v) is 7.09. The fourth-order valence-corrected chi connectivity index (χ4v) is 4.82. The topological polar surface area (TPSA) is 110 Å². The van der Waals surface area contributed by atoms with Gasteiger partial charge in [0.05, 0.1) is 4.90 Å². The summed E-state index contributed by atoms with van der Waals surface area (Å²) in [5.74, 6) is -2.74. The largest absolute Gasteiger partial charge is 0.490 e. The number of hydrogen-bond acceptors (Lipinski definition) is 6. The molecule has 0 radical (unpaired) electrons. The summed E-state index contributed by atoms with van der Waals surface area (Å²) in [5.41, 5.74) is 1.76. The van der Waals surface area contributed by atoms with Gasteiger partial charge < -0.3 is 20.2 Å². The number of carbonyl (C=O) groups is 2. The molecule has 1 aliphatic rings. The number of carbonyl (C=O) groups excluding carboxylic acids is 1. The number of piperazine rings is 1. The van der Waals surface area contributed by atoms with Gasteiger partial charge in [0.1, 0.15) is 0 Å². The van der Waals surface area contributed by atoms with E-state index in [1.165, 1.54) is 4.31 Å². The number of alkyl halides is 3. The molecule has 0 spiro atoms. The summed E-state index contributed by atoms with van der Waals surface area (Å²) in [5, 5.41) is 10.3. The Morgan fingerprint density at radius 1 is 1.09 bits per heavy atom. The van der Waals surface area contributed by atoms with Crippen molar-refractivity contribution in [2.45, 2.75) is 31.3 Å². The Bertz CT molecular complexity index is 933. The van der Waals surface area contributed by atoms with Gasteiger partial charge in [-0.3, -0.25) is 4.79 Å². The minimum Gasteiger partial charge on any atom is -0.475 e. The van der Waals surface area contributed by atoms with E-state index in [0.29, 0.717) is 31.1 Å². The fraction of sp³-hybridized carbons (Fsp3) is 0.619. The van der Waals surface area contributed by atoms with Crippen molar-refractivity contribution < 1.29 is 36.3 Å². The van der Waals surface area contributed by atoms with E-state index in [2.05, 4.69) is 5.32 Å². The van der Waals surface area contributed by atoms with Crippen molar-refractivity contribution in [3.63, 3.8) is 0 Å². The molecule has 13 heteroatoms. The van der Waals surface area contributed by atoms with Crippen LogP contribution in [0.5, 0.6) is 0 Å². The minimum absolute atomic E-state index is 0.0159. The van der Waals surface area contributed by atoms with Gasteiger partial charge in [-0.05, 0) is 39.6 Å². The smallest absolute Gasteiger partial charge is 0.475 e. The lowest BCUT2D eigenvalue weighted by Gasteiger charge is -2.29. The molecule has 1 amide bonds. The van der Waals surface area contributed by atoms with Crippen LogP contribution in [-0.2, 0) is 19.6 Å². The Morgan fingerprint density at radius 2 is 1.65 bits per heavy atom. The Morgan fingerprint density at radius 3 is 2.12 bits per heavy atom. The molecule has 1 saturated heterocycles. The maximum atomic E-state index is 13.2. The number of aliphatic carboxylic acids is 1. The molecule has 1 aliphatic heterocycles. The number of sulfonamides is 1. The molecule has 2 N–H and O–H groups in total. The van der Waals surface area contributed by atoms with E-state index in [-0.39, 0.29) is 18.9 Å². The molecular formula is C21H33F3N4O5S. The van der Waals surface area contributed by atoms with Crippen LogP contribution in [0.4, 0.5) is 13.2 Å². The van der Waals surface area contributed by atoms with Crippen LogP contribution in [0.25, 0.3) is 0 Å². The molecule has 1 fully saturated rings. The SMILES string of the molecule is Cc1ccc(S(=O)(=O)N(CCC(=O)N2CCNCC2)CCN(C)C)c(C)c1.O=C(O)C(F)(F)F. The lowest BCUT2D eigenvalue weighted by atomic mass is 10.2. The summed E-state index contributed by atoms with van der Waals surface area (Å²) in [7, 11) is 0.174. The second kappa shape index (κ2) is 13.0. The molecule has 0 bridgehead atoms. The van der Waals surface area contributed by atoms with Crippen LogP contribution >= 0.6 is 0 Å². The molecule has 1 aromatic carbocycles. The Balaban J connectivity index is 0.000000718. The molecule has 0 unspecified atom stereocenters. The summed E-state index contributed by atoms with van der Waals surface area (Å²) in [6.45, 7) is 7.86. The standard InChI is InChI=1S/C19H32N4O3S.C2HF3O2/c1-16-5-6-18(17(2)15-16)27(25,26)23(14-13-21(3)4)10-7-19(24)22-11-8-20-9-12-22;3-2(4,5)1(6)7/h5-6,15,20H,7-14H2,1-4H3;(H,6,7). The normalized spacial score (nSPS) is 14.7. The minimum atomic E-state index is -5.08. The number of aryl methyl sites for hydroxylation is 2. The first-order valence-electron chi connectivity index (χ1n) is 10.7. The molecule has 1 heterocycles. The van der Waals surface area contributed by atoms with Gasteiger partial charge in [0, 0.05) is 52.2 Å². The van der Waals surface area contributed by atoms with Crippen LogP contribution in [0.15, 0.2) is 23.1 Å². The molecule has 34 heavy (non-hydrogen) atoms. The number of amides is 1. The lowest BCUT2D eigenvalue weighted by Crippen LogP contribution is -2.47. The first kappa shape index (κ1) is 29.8. The molecule has 2 rings (SSSR count). The third-order valence-electron chi connectivity index (χ3n) is 5.03. The highest BCUT2D eigenvalue weighted by molar-refractivity contribution is 7.89. The van der Waals surface area contributed by atoms with E-state index >= 15 is 0 Å². The first-order valence-corrected chi connectivity index (χ1v) is 12.1. The van der Waals surface area contributed by atoms with Gasteiger partial charge in [-0.15, -0.1) is 0 Å². The zero-order chi connectivity index (χ0) is 26.1. The third kappa shape index (κ3) is 9.57. The number of nitrogens with one attached hydrogen (secondary N) is 1. The summed E-state index contributed by atoms with van der Waals surface area (Å²) in [6.07, 6.45) is -4.88. The number of halogens is 3. The van der Waals surface area contributed by atoms with Crippen LogP contribution in [0.3, 0.4) is 0 Å². The van der Waals surface area contributed by atoms with Gasteiger partial charge in [-0.1, -0.05) is 17.7 Å². The van der Waals surface area contributed by atoms with Crippen LogP contribution in [0.2, 0.25) is 0 Å². The van der Waals surface area contributed by atoms with E-state index in [0.717, 1.165) is 24.2 Å². The molecule has 0 saturated carbocycles. The van der Waals surface area contributed by atoms with Gasteiger partial charge in [0.2, 0.25) is 15.9 Å². The van der Waals surface area contributed by atoms with Crippen molar-refractivity contribution in [3.05, 3.63) is 29.3 Å². The van der Waals surface area contributed by atoms with Crippen molar-refractivity contribution in [2.24, 2.45) is 0 Å². The molecule has 194 valence electrons. The predicted octanol–water partition coefficient (Wildman–Crippen LogP) is 1.31. The molecule has 0 aliphatic carbocycles. The quantitative estimate of drug-likeness (QED) is 0.543. The number of nitrogens with zero attached hydrogens (tertiary/aromatic N) is 3. The molecule has 9 nitrogen and oxygen atoms in total. The number of rotatable bonds is 8. The number of carboxylic acid groups (broad SMARTS) is 1. The zero-order valence-corrected chi connectivity index (χ0v) is 20.7. The van der Waals surface area contributed by atoms with Gasteiger partial charge >= 0.3 is 12.1 Å². The van der Waals surface area contributed by atoms with E-state index in [1.807, 2.05) is 49.9 Å². The number of benzene rings is 1. The Kier molecular flexibility index (Phi) is 11.4. The highest BCUT2D eigenvalue weighted by atomic mass is 32.2. The van der Waals surface area contributed by atoms with Crippen LogP contribution in [0, 0.1) is 13.8 Å². The van der Waals surface area contributed by atoms with Crippen molar-refractivity contribution in [1.29, 1.82) is 0 Å². The average molecular weight is 511 g/mol. The molecule has 0 aromatic heterocycles. The van der Waals surface area contributed by atoms with Crippen molar-refractivity contribution in [3.8, 4) is 0 Å². The number of hydrogen-bond donors (Lipinski definition) is 2. The summed E-state index contributed by atoms with van der Waals surface area (Å²) >= 11 is 0. The first-order chi connectivity index (χ1) is 15.7.